The van der Waals surface area contributed by atoms with Crippen molar-refractivity contribution in [3.8, 4) is 12.0 Å². The lowest BCUT2D eigenvalue weighted by Crippen LogP contribution is -1.83. The van der Waals surface area contributed by atoms with Crippen LogP contribution in [0.15, 0.2) is 48.6 Å². The minimum Gasteiger partial charge on any atom is -0.388 e. The van der Waals surface area contributed by atoms with Crippen molar-refractivity contribution in [1.29, 1.82) is 5.26 Å². The molecule has 2 heteroatoms. The van der Waals surface area contributed by atoms with Gasteiger partial charge in [-0.1, -0.05) is 49.8 Å². The second kappa shape index (κ2) is 8.18. The highest BCUT2D eigenvalue weighted by molar-refractivity contribution is 5.29. The van der Waals surface area contributed by atoms with Crippen LogP contribution >= 0.6 is 0 Å². The van der Waals surface area contributed by atoms with E-state index in [4.69, 9.17) is 10.00 Å². The molecule has 2 nitrogen and oxygen atoms in total. The molecule has 1 aromatic carbocycles. The molecule has 0 radical (unpaired) electrons. The summed E-state index contributed by atoms with van der Waals surface area (Å²) in [6.07, 6.45) is 13.3. The molecule has 17 heavy (non-hydrogen) atoms. The molecule has 0 amide bonds. The van der Waals surface area contributed by atoms with Gasteiger partial charge in [-0.25, -0.2) is 0 Å². The molecule has 0 bridgehead atoms. The van der Waals surface area contributed by atoms with Crippen LogP contribution in [0.3, 0.4) is 0 Å². The first-order valence-corrected chi connectivity index (χ1v) is 5.83. The van der Waals surface area contributed by atoms with Gasteiger partial charge in [0.25, 0.3) is 6.26 Å². The Bertz CT molecular complexity index is 410. The molecule has 0 aromatic heterocycles. The van der Waals surface area contributed by atoms with E-state index in [0.29, 0.717) is 5.75 Å². The Labute approximate surface area is 103 Å². The molecule has 0 aliphatic heterocycles. The summed E-state index contributed by atoms with van der Waals surface area (Å²) in [5, 5.41) is 8.34. The van der Waals surface area contributed by atoms with Crippen molar-refractivity contribution in [1.82, 2.24) is 0 Å². The van der Waals surface area contributed by atoms with E-state index < -0.39 is 0 Å². The van der Waals surface area contributed by atoms with Gasteiger partial charge in [0.1, 0.15) is 5.75 Å². The maximum Gasteiger partial charge on any atom is 0.292 e. The van der Waals surface area contributed by atoms with Crippen molar-refractivity contribution in [3.63, 3.8) is 0 Å². The van der Waals surface area contributed by atoms with Gasteiger partial charge < -0.3 is 4.74 Å². The number of allylic oxidation sites excluding steroid dienone is 4. The van der Waals surface area contributed by atoms with Crippen LogP contribution in [-0.2, 0) is 6.42 Å². The molecule has 0 unspecified atom stereocenters. The van der Waals surface area contributed by atoms with E-state index in [2.05, 4.69) is 31.2 Å². The number of nitrogens with zero attached hydrogens (tertiary/aromatic N) is 1. The third-order valence-electron chi connectivity index (χ3n) is 2.28. The minimum atomic E-state index is 0.586. The lowest BCUT2D eigenvalue weighted by Gasteiger charge is -1.98. The average Bonchev–Trinajstić information content (AvgIpc) is 2.36. The molecule has 0 atom stereocenters. The first kappa shape index (κ1) is 13.1. The van der Waals surface area contributed by atoms with Crippen molar-refractivity contribution >= 4 is 0 Å². The van der Waals surface area contributed by atoms with Gasteiger partial charge in [-0.05, 0) is 30.5 Å². The number of nitriles is 1. The summed E-state index contributed by atoms with van der Waals surface area (Å²) in [7, 11) is 0. The van der Waals surface area contributed by atoms with Crippen LogP contribution in [0.4, 0.5) is 0 Å². The van der Waals surface area contributed by atoms with Crippen LogP contribution in [0, 0.1) is 11.5 Å². The van der Waals surface area contributed by atoms with Gasteiger partial charge in [-0.15, -0.1) is 5.26 Å². The summed E-state index contributed by atoms with van der Waals surface area (Å²) in [5.74, 6) is 0.586. The molecule has 0 N–H and O–H groups in total. The zero-order valence-electron chi connectivity index (χ0n) is 10.1. The van der Waals surface area contributed by atoms with Crippen LogP contribution < -0.4 is 4.74 Å². The molecule has 1 aromatic rings. The first-order valence-electron chi connectivity index (χ1n) is 5.83. The largest absolute Gasteiger partial charge is 0.388 e. The lowest BCUT2D eigenvalue weighted by molar-refractivity contribution is 0.507. The molecule has 0 aliphatic rings. The molecule has 0 heterocycles. The van der Waals surface area contributed by atoms with E-state index in [9.17, 15) is 0 Å². The summed E-state index contributed by atoms with van der Waals surface area (Å²) in [4.78, 5) is 0. The van der Waals surface area contributed by atoms with E-state index in [1.54, 1.807) is 18.4 Å². The molecular weight excluding hydrogens is 210 g/mol. The summed E-state index contributed by atoms with van der Waals surface area (Å²) in [6.45, 7) is 2.17. The molecule has 0 fully saturated rings. The molecule has 0 saturated carbocycles. The van der Waals surface area contributed by atoms with Gasteiger partial charge in [0.15, 0.2) is 0 Å². The Morgan fingerprint density at radius 3 is 2.53 bits per heavy atom. The second-order valence-corrected chi connectivity index (χ2v) is 3.69. The third kappa shape index (κ3) is 5.58. The quantitative estimate of drug-likeness (QED) is 0.543. The predicted molar refractivity (Wildman–Crippen MR) is 69.6 cm³/mol. The maximum atomic E-state index is 8.34. The smallest absolute Gasteiger partial charge is 0.292 e. The topological polar surface area (TPSA) is 33.0 Å². The highest BCUT2D eigenvalue weighted by Crippen LogP contribution is 2.12. The second-order valence-electron chi connectivity index (χ2n) is 3.69. The Hall–Kier alpha value is -2.01. The van der Waals surface area contributed by atoms with E-state index >= 15 is 0 Å². The fraction of sp³-hybridized carbons (Fsp3) is 0.267. The number of unbranched alkanes of at least 4 members (excludes halogenated alkanes) is 1. The standard InChI is InChI=1S/C15H17NO/c1-2-3-4-5-6-7-8-14-9-11-15(12-10-14)17-13-16/h4-7,9-12H,2-3,8H2,1H3/b5-4-,7-6?. The Morgan fingerprint density at radius 2 is 1.88 bits per heavy atom. The average molecular weight is 227 g/mol. The minimum absolute atomic E-state index is 0.586. The molecule has 0 aliphatic carbocycles. The SMILES string of the molecule is CCC/C=C\C=CCc1ccc(OC#N)cc1. The Kier molecular flexibility index (Phi) is 6.28. The number of hydrogen-bond donors (Lipinski definition) is 0. The highest BCUT2D eigenvalue weighted by atomic mass is 16.5. The monoisotopic (exact) mass is 227 g/mol. The molecular formula is C15H17NO. The van der Waals surface area contributed by atoms with Crippen LogP contribution in [0.2, 0.25) is 0 Å². The van der Waals surface area contributed by atoms with Crippen molar-refractivity contribution in [2.75, 3.05) is 0 Å². The lowest BCUT2D eigenvalue weighted by atomic mass is 10.1. The van der Waals surface area contributed by atoms with E-state index in [0.717, 1.165) is 12.8 Å². The van der Waals surface area contributed by atoms with Gasteiger partial charge in [0.2, 0.25) is 0 Å². The zero-order valence-corrected chi connectivity index (χ0v) is 10.1. The summed E-state index contributed by atoms with van der Waals surface area (Å²) < 4.78 is 4.71. The predicted octanol–water partition coefficient (Wildman–Crippen LogP) is 4.00. The van der Waals surface area contributed by atoms with Crippen LogP contribution in [0.5, 0.6) is 5.75 Å². The number of rotatable bonds is 6. The highest BCUT2D eigenvalue weighted by Gasteiger charge is 1.92. The summed E-state index contributed by atoms with van der Waals surface area (Å²) >= 11 is 0. The summed E-state index contributed by atoms with van der Waals surface area (Å²) in [6, 6.07) is 7.54. The van der Waals surface area contributed by atoms with E-state index in [1.807, 2.05) is 12.1 Å². The number of hydrogen-bond acceptors (Lipinski definition) is 2. The Balaban J connectivity index is 2.39. The molecule has 0 spiro atoms. The fourth-order valence-electron chi connectivity index (χ4n) is 1.37. The normalized spacial score (nSPS) is 10.8. The molecule has 88 valence electrons. The van der Waals surface area contributed by atoms with E-state index in [1.165, 1.54) is 12.0 Å². The summed E-state index contributed by atoms with van der Waals surface area (Å²) in [5.41, 5.74) is 1.20. The van der Waals surface area contributed by atoms with Gasteiger partial charge >= 0.3 is 0 Å². The fourth-order valence-corrected chi connectivity index (χ4v) is 1.37. The van der Waals surface area contributed by atoms with Gasteiger partial charge in [0, 0.05) is 0 Å². The van der Waals surface area contributed by atoms with Gasteiger partial charge in [0.05, 0.1) is 0 Å². The Morgan fingerprint density at radius 1 is 1.18 bits per heavy atom. The van der Waals surface area contributed by atoms with Crippen molar-refractivity contribution in [2.45, 2.75) is 26.2 Å². The maximum absolute atomic E-state index is 8.34. The first-order chi connectivity index (χ1) is 8.36. The number of ether oxygens (including phenoxy) is 1. The van der Waals surface area contributed by atoms with Gasteiger partial charge in [-0.3, -0.25) is 0 Å². The molecule has 0 saturated heterocycles. The van der Waals surface area contributed by atoms with Crippen molar-refractivity contribution < 1.29 is 4.74 Å². The van der Waals surface area contributed by atoms with Crippen LogP contribution in [0.25, 0.3) is 0 Å². The van der Waals surface area contributed by atoms with Crippen LogP contribution in [-0.4, -0.2) is 0 Å². The van der Waals surface area contributed by atoms with Gasteiger partial charge in [-0.2, -0.15) is 0 Å². The zero-order chi connectivity index (χ0) is 12.3. The van der Waals surface area contributed by atoms with Crippen molar-refractivity contribution in [2.24, 2.45) is 0 Å². The van der Waals surface area contributed by atoms with E-state index in [-0.39, 0.29) is 0 Å². The third-order valence-corrected chi connectivity index (χ3v) is 2.28. The van der Waals surface area contributed by atoms with Crippen molar-refractivity contribution in [3.05, 3.63) is 54.1 Å². The number of benzene rings is 1. The molecule has 1 rings (SSSR count). The van der Waals surface area contributed by atoms with Crippen LogP contribution in [0.1, 0.15) is 25.3 Å².